The van der Waals surface area contributed by atoms with E-state index in [0.29, 0.717) is 27.5 Å². The number of rotatable bonds is 4. The standard InChI is InChI=1S/C17H15F2N3OS/c1-22(2)16(23)11-5-3-10(4-6-11)9-24-17-20-14-7-12(18)13(19)8-15(14)21-17/h3-8H,9H2,1-2H3,(H,20,21). The molecule has 1 heterocycles. The minimum Gasteiger partial charge on any atom is -0.345 e. The molecule has 2 aromatic carbocycles. The van der Waals surface area contributed by atoms with Crippen LogP contribution in [0.25, 0.3) is 11.0 Å². The lowest BCUT2D eigenvalue weighted by Crippen LogP contribution is -2.21. The zero-order valence-corrected chi connectivity index (χ0v) is 14.0. The minimum atomic E-state index is -0.910. The molecule has 0 aliphatic carbocycles. The number of benzene rings is 2. The second kappa shape index (κ2) is 6.60. The van der Waals surface area contributed by atoms with Crippen molar-refractivity contribution in [2.45, 2.75) is 10.9 Å². The molecule has 3 rings (SSSR count). The maximum Gasteiger partial charge on any atom is 0.253 e. The van der Waals surface area contributed by atoms with Gasteiger partial charge in [0, 0.05) is 37.5 Å². The van der Waals surface area contributed by atoms with E-state index in [2.05, 4.69) is 9.97 Å². The van der Waals surface area contributed by atoms with Crippen LogP contribution in [0, 0.1) is 11.6 Å². The van der Waals surface area contributed by atoms with Crippen molar-refractivity contribution in [3.05, 3.63) is 59.2 Å². The van der Waals surface area contributed by atoms with E-state index in [0.717, 1.165) is 17.7 Å². The lowest BCUT2D eigenvalue weighted by molar-refractivity contribution is 0.0827. The van der Waals surface area contributed by atoms with Crippen molar-refractivity contribution in [1.82, 2.24) is 14.9 Å². The molecule has 24 heavy (non-hydrogen) atoms. The highest BCUT2D eigenvalue weighted by Gasteiger charge is 2.10. The molecule has 1 N–H and O–H groups in total. The number of carbonyl (C=O) groups excluding carboxylic acids is 1. The molecular weight excluding hydrogens is 332 g/mol. The molecule has 0 saturated carbocycles. The van der Waals surface area contributed by atoms with E-state index in [4.69, 9.17) is 0 Å². The van der Waals surface area contributed by atoms with Crippen LogP contribution in [0.4, 0.5) is 8.78 Å². The topological polar surface area (TPSA) is 49.0 Å². The summed E-state index contributed by atoms with van der Waals surface area (Å²) in [5.41, 5.74) is 2.50. The van der Waals surface area contributed by atoms with Crippen LogP contribution in [0.1, 0.15) is 15.9 Å². The largest absolute Gasteiger partial charge is 0.345 e. The van der Waals surface area contributed by atoms with Crippen LogP contribution >= 0.6 is 11.8 Å². The summed E-state index contributed by atoms with van der Waals surface area (Å²) >= 11 is 1.42. The van der Waals surface area contributed by atoms with Gasteiger partial charge in [-0.25, -0.2) is 13.8 Å². The molecule has 4 nitrogen and oxygen atoms in total. The van der Waals surface area contributed by atoms with Gasteiger partial charge in [0.2, 0.25) is 0 Å². The van der Waals surface area contributed by atoms with Gasteiger partial charge in [-0.05, 0) is 17.7 Å². The number of imidazole rings is 1. The van der Waals surface area contributed by atoms with Gasteiger partial charge in [-0.1, -0.05) is 23.9 Å². The van der Waals surface area contributed by atoms with E-state index in [9.17, 15) is 13.6 Å². The highest BCUT2D eigenvalue weighted by molar-refractivity contribution is 7.98. The van der Waals surface area contributed by atoms with Gasteiger partial charge in [0.1, 0.15) is 0 Å². The number of hydrogen-bond acceptors (Lipinski definition) is 3. The fourth-order valence-corrected chi connectivity index (χ4v) is 3.04. The van der Waals surface area contributed by atoms with Gasteiger partial charge in [0.05, 0.1) is 11.0 Å². The number of H-pyrrole nitrogens is 1. The number of nitrogens with one attached hydrogen (secondary N) is 1. The third-order valence-corrected chi connectivity index (χ3v) is 4.43. The quantitative estimate of drug-likeness (QED) is 0.730. The van der Waals surface area contributed by atoms with Crippen LogP contribution in [-0.4, -0.2) is 34.9 Å². The van der Waals surface area contributed by atoms with Crippen LogP contribution in [-0.2, 0) is 5.75 Å². The summed E-state index contributed by atoms with van der Waals surface area (Å²) in [5.74, 6) is -1.23. The first kappa shape index (κ1) is 16.4. The van der Waals surface area contributed by atoms with Gasteiger partial charge in [-0.2, -0.15) is 0 Å². The summed E-state index contributed by atoms with van der Waals surface area (Å²) in [5, 5.41) is 0.587. The zero-order chi connectivity index (χ0) is 17.3. The lowest BCUT2D eigenvalue weighted by Gasteiger charge is -2.10. The van der Waals surface area contributed by atoms with Crippen molar-refractivity contribution in [1.29, 1.82) is 0 Å². The highest BCUT2D eigenvalue weighted by Crippen LogP contribution is 2.24. The SMILES string of the molecule is CN(C)C(=O)c1ccc(CSc2nc3cc(F)c(F)cc3[nH]2)cc1. The molecule has 7 heteroatoms. The first-order valence-corrected chi connectivity index (χ1v) is 8.21. The molecule has 0 aliphatic rings. The number of halogens is 2. The predicted octanol–water partition coefficient (Wildman–Crippen LogP) is 3.84. The Morgan fingerprint density at radius 1 is 1.17 bits per heavy atom. The molecule has 0 saturated heterocycles. The summed E-state index contributed by atoms with van der Waals surface area (Å²) in [6.07, 6.45) is 0. The fourth-order valence-electron chi connectivity index (χ4n) is 2.20. The van der Waals surface area contributed by atoms with Crippen LogP contribution in [0.5, 0.6) is 0 Å². The minimum absolute atomic E-state index is 0.0458. The third-order valence-electron chi connectivity index (χ3n) is 3.48. The van der Waals surface area contributed by atoms with E-state index in [1.807, 2.05) is 12.1 Å². The summed E-state index contributed by atoms with van der Waals surface area (Å²) < 4.78 is 26.4. The molecule has 0 radical (unpaired) electrons. The molecular formula is C17H15F2N3OS. The molecule has 0 unspecified atom stereocenters. The van der Waals surface area contributed by atoms with E-state index in [1.165, 1.54) is 16.7 Å². The maximum atomic E-state index is 13.2. The summed E-state index contributed by atoms with van der Waals surface area (Å²) in [6, 6.07) is 9.50. The Morgan fingerprint density at radius 3 is 2.50 bits per heavy atom. The fraction of sp³-hybridized carbons (Fsp3) is 0.176. The summed E-state index contributed by atoms with van der Waals surface area (Å²) in [6.45, 7) is 0. The van der Waals surface area contributed by atoms with Crippen molar-refractivity contribution in [2.24, 2.45) is 0 Å². The molecule has 0 atom stereocenters. The molecule has 1 aromatic heterocycles. The predicted molar refractivity (Wildman–Crippen MR) is 90.0 cm³/mol. The smallest absolute Gasteiger partial charge is 0.253 e. The lowest BCUT2D eigenvalue weighted by atomic mass is 10.1. The van der Waals surface area contributed by atoms with Crippen LogP contribution < -0.4 is 0 Å². The number of aromatic nitrogens is 2. The first-order valence-electron chi connectivity index (χ1n) is 7.22. The number of amides is 1. The van der Waals surface area contributed by atoms with E-state index >= 15 is 0 Å². The third kappa shape index (κ3) is 3.41. The normalized spacial score (nSPS) is 11.0. The number of aromatic amines is 1. The van der Waals surface area contributed by atoms with E-state index in [1.54, 1.807) is 26.2 Å². The Hall–Kier alpha value is -2.41. The van der Waals surface area contributed by atoms with Gasteiger partial charge >= 0.3 is 0 Å². The number of nitrogens with zero attached hydrogens (tertiary/aromatic N) is 2. The molecule has 0 aliphatic heterocycles. The van der Waals surface area contributed by atoms with Crippen molar-refractivity contribution in [3.8, 4) is 0 Å². The number of hydrogen-bond donors (Lipinski definition) is 1. The van der Waals surface area contributed by atoms with Crippen molar-refractivity contribution >= 4 is 28.7 Å². The molecule has 124 valence electrons. The monoisotopic (exact) mass is 347 g/mol. The second-order valence-electron chi connectivity index (χ2n) is 5.51. The van der Waals surface area contributed by atoms with Crippen LogP contribution in [0.2, 0.25) is 0 Å². The Labute approximate surface area is 141 Å². The van der Waals surface area contributed by atoms with Gasteiger partial charge in [0.25, 0.3) is 5.91 Å². The van der Waals surface area contributed by atoms with Gasteiger partial charge in [0.15, 0.2) is 16.8 Å². The zero-order valence-electron chi connectivity index (χ0n) is 13.1. The van der Waals surface area contributed by atoms with Gasteiger partial charge in [-0.3, -0.25) is 4.79 Å². The van der Waals surface area contributed by atoms with Crippen molar-refractivity contribution < 1.29 is 13.6 Å². The number of fused-ring (bicyclic) bond motifs is 1. The Bertz CT molecular complexity index is 852. The summed E-state index contributed by atoms with van der Waals surface area (Å²) in [4.78, 5) is 20.6. The molecule has 1 amide bonds. The molecule has 0 fully saturated rings. The molecule has 0 bridgehead atoms. The molecule has 0 spiro atoms. The first-order chi connectivity index (χ1) is 11.4. The second-order valence-corrected chi connectivity index (χ2v) is 6.47. The van der Waals surface area contributed by atoms with Gasteiger partial charge in [-0.15, -0.1) is 0 Å². The van der Waals surface area contributed by atoms with E-state index in [-0.39, 0.29) is 5.91 Å². The molecule has 3 aromatic rings. The van der Waals surface area contributed by atoms with Crippen LogP contribution in [0.15, 0.2) is 41.6 Å². The average Bonchev–Trinajstić information content (AvgIpc) is 2.94. The number of thioether (sulfide) groups is 1. The Morgan fingerprint density at radius 2 is 1.83 bits per heavy atom. The van der Waals surface area contributed by atoms with E-state index < -0.39 is 11.6 Å². The Kier molecular flexibility index (Phi) is 4.53. The number of carbonyl (C=O) groups is 1. The van der Waals surface area contributed by atoms with Crippen molar-refractivity contribution in [3.63, 3.8) is 0 Å². The van der Waals surface area contributed by atoms with Gasteiger partial charge < -0.3 is 9.88 Å². The Balaban J connectivity index is 1.70. The van der Waals surface area contributed by atoms with Crippen LogP contribution in [0.3, 0.4) is 0 Å². The van der Waals surface area contributed by atoms with Crippen molar-refractivity contribution in [2.75, 3.05) is 14.1 Å². The highest BCUT2D eigenvalue weighted by atomic mass is 32.2. The maximum absolute atomic E-state index is 13.2. The summed E-state index contributed by atoms with van der Waals surface area (Å²) in [7, 11) is 3.42. The average molecular weight is 347 g/mol.